The minimum Gasteiger partial charge on any atom is -0.339 e. The van der Waals surface area contributed by atoms with Crippen LogP contribution in [0.3, 0.4) is 0 Å². The third kappa shape index (κ3) is 6.20. The number of nitrogens with zero attached hydrogens (tertiary/aromatic N) is 2. The Morgan fingerprint density at radius 3 is 2.29 bits per heavy atom. The molecule has 0 radical (unpaired) electrons. The Morgan fingerprint density at radius 1 is 0.871 bits per heavy atom. The van der Waals surface area contributed by atoms with E-state index in [1.807, 2.05) is 36.4 Å². The molecule has 2 aromatic carbocycles. The minimum atomic E-state index is -4.57. The van der Waals surface area contributed by atoms with Crippen molar-refractivity contribution in [1.29, 1.82) is 0 Å². The Balaban J connectivity index is 1.89. The summed E-state index contributed by atoms with van der Waals surface area (Å²) in [7, 11) is 0. The van der Waals surface area contributed by atoms with Crippen molar-refractivity contribution >= 4 is 23.1 Å². The van der Waals surface area contributed by atoms with Gasteiger partial charge in [-0.3, -0.25) is 0 Å². The highest BCUT2D eigenvalue weighted by Gasteiger charge is 2.35. The van der Waals surface area contributed by atoms with E-state index in [9.17, 15) is 13.2 Å². The lowest BCUT2D eigenvalue weighted by Crippen LogP contribution is -2.13. The number of nitrogens with one attached hydrogen (secondary N) is 2. The SMILES string of the molecule is CCCCc1ccccc1Nc1nc(Nc2ccc(CCC)cc2)ncc1C(F)(F)F. The van der Waals surface area contributed by atoms with Crippen LogP contribution in [0, 0.1) is 0 Å². The Hall–Kier alpha value is -3.09. The summed E-state index contributed by atoms with van der Waals surface area (Å²) in [5, 5.41) is 5.89. The number of rotatable bonds is 9. The predicted octanol–water partition coefficient (Wildman–Crippen LogP) is 7.28. The van der Waals surface area contributed by atoms with Crippen molar-refractivity contribution in [1.82, 2.24) is 9.97 Å². The Morgan fingerprint density at radius 2 is 1.61 bits per heavy atom. The number of para-hydroxylation sites is 1. The van der Waals surface area contributed by atoms with Crippen LogP contribution in [-0.2, 0) is 19.0 Å². The molecule has 3 aromatic rings. The molecule has 0 saturated heterocycles. The molecule has 3 rings (SSSR count). The van der Waals surface area contributed by atoms with Crippen LogP contribution in [-0.4, -0.2) is 9.97 Å². The Labute approximate surface area is 181 Å². The zero-order valence-corrected chi connectivity index (χ0v) is 17.8. The van der Waals surface area contributed by atoms with Crippen molar-refractivity contribution in [2.75, 3.05) is 10.6 Å². The van der Waals surface area contributed by atoms with Gasteiger partial charge >= 0.3 is 6.18 Å². The maximum atomic E-state index is 13.6. The van der Waals surface area contributed by atoms with Gasteiger partial charge in [0, 0.05) is 17.6 Å². The average molecular weight is 429 g/mol. The van der Waals surface area contributed by atoms with Gasteiger partial charge in [-0.2, -0.15) is 18.2 Å². The van der Waals surface area contributed by atoms with Crippen LogP contribution >= 0.6 is 0 Å². The van der Waals surface area contributed by atoms with E-state index in [2.05, 4.69) is 34.4 Å². The van der Waals surface area contributed by atoms with Gasteiger partial charge in [0.15, 0.2) is 0 Å². The number of hydrogen-bond acceptors (Lipinski definition) is 4. The lowest BCUT2D eigenvalue weighted by Gasteiger charge is -2.17. The van der Waals surface area contributed by atoms with Gasteiger partial charge in [-0.25, -0.2) is 4.98 Å². The van der Waals surface area contributed by atoms with Crippen molar-refractivity contribution in [3.63, 3.8) is 0 Å². The summed E-state index contributed by atoms with van der Waals surface area (Å²) >= 11 is 0. The molecule has 164 valence electrons. The van der Waals surface area contributed by atoms with Crippen LogP contribution in [0.5, 0.6) is 0 Å². The maximum Gasteiger partial charge on any atom is 0.421 e. The number of halogens is 3. The molecule has 1 aromatic heterocycles. The number of aryl methyl sites for hydroxylation is 2. The molecule has 0 aliphatic carbocycles. The number of anilines is 4. The monoisotopic (exact) mass is 428 g/mol. The van der Waals surface area contributed by atoms with E-state index < -0.39 is 11.7 Å². The average Bonchev–Trinajstić information content (AvgIpc) is 2.74. The normalized spacial score (nSPS) is 11.4. The lowest BCUT2D eigenvalue weighted by atomic mass is 10.1. The van der Waals surface area contributed by atoms with E-state index in [4.69, 9.17) is 0 Å². The van der Waals surface area contributed by atoms with Crippen molar-refractivity contribution < 1.29 is 13.2 Å². The lowest BCUT2D eigenvalue weighted by molar-refractivity contribution is -0.137. The topological polar surface area (TPSA) is 49.8 Å². The molecule has 7 heteroatoms. The maximum absolute atomic E-state index is 13.6. The van der Waals surface area contributed by atoms with E-state index in [-0.39, 0.29) is 11.8 Å². The zero-order valence-electron chi connectivity index (χ0n) is 17.8. The summed E-state index contributed by atoms with van der Waals surface area (Å²) in [6, 6.07) is 15.1. The summed E-state index contributed by atoms with van der Waals surface area (Å²) in [6.07, 6.45) is 1.00. The van der Waals surface area contributed by atoms with Crippen LogP contribution in [0.1, 0.15) is 49.8 Å². The Bertz CT molecular complexity index is 985. The highest BCUT2D eigenvalue weighted by Crippen LogP contribution is 2.36. The number of alkyl halides is 3. The van der Waals surface area contributed by atoms with Crippen LogP contribution in [0.2, 0.25) is 0 Å². The van der Waals surface area contributed by atoms with Crippen LogP contribution < -0.4 is 10.6 Å². The summed E-state index contributed by atoms with van der Waals surface area (Å²) in [6.45, 7) is 4.19. The second-order valence-corrected chi connectivity index (χ2v) is 7.41. The molecular weight excluding hydrogens is 401 g/mol. The second-order valence-electron chi connectivity index (χ2n) is 7.41. The molecule has 0 saturated carbocycles. The highest BCUT2D eigenvalue weighted by molar-refractivity contribution is 5.65. The molecule has 0 spiro atoms. The van der Waals surface area contributed by atoms with E-state index in [0.29, 0.717) is 11.4 Å². The molecule has 4 nitrogen and oxygen atoms in total. The van der Waals surface area contributed by atoms with Gasteiger partial charge in [-0.1, -0.05) is 57.0 Å². The molecule has 1 heterocycles. The molecule has 0 aliphatic heterocycles. The van der Waals surface area contributed by atoms with Crippen molar-refractivity contribution in [3.8, 4) is 0 Å². The summed E-state index contributed by atoms with van der Waals surface area (Å²) in [5.41, 5.74) is 2.59. The predicted molar refractivity (Wildman–Crippen MR) is 119 cm³/mol. The second kappa shape index (κ2) is 10.3. The molecule has 0 bridgehead atoms. The van der Waals surface area contributed by atoms with Crippen LogP contribution in [0.4, 0.5) is 36.3 Å². The summed E-state index contributed by atoms with van der Waals surface area (Å²) in [4.78, 5) is 8.05. The quantitative estimate of drug-likeness (QED) is 0.376. The largest absolute Gasteiger partial charge is 0.421 e. The van der Waals surface area contributed by atoms with E-state index in [0.717, 1.165) is 43.9 Å². The fourth-order valence-electron chi connectivity index (χ4n) is 3.27. The summed E-state index contributed by atoms with van der Waals surface area (Å²) < 4.78 is 40.8. The molecule has 0 atom stereocenters. The van der Waals surface area contributed by atoms with Gasteiger partial charge in [0.2, 0.25) is 5.95 Å². The van der Waals surface area contributed by atoms with Gasteiger partial charge < -0.3 is 10.6 Å². The van der Waals surface area contributed by atoms with Crippen LogP contribution in [0.15, 0.2) is 54.7 Å². The first kappa shape index (κ1) is 22.6. The molecule has 0 amide bonds. The Kier molecular flexibility index (Phi) is 7.50. The van der Waals surface area contributed by atoms with Crippen molar-refractivity contribution in [2.24, 2.45) is 0 Å². The first-order chi connectivity index (χ1) is 14.9. The van der Waals surface area contributed by atoms with Gasteiger partial charge in [-0.05, 0) is 48.6 Å². The number of hydrogen-bond donors (Lipinski definition) is 2. The number of unbranched alkanes of at least 4 members (excludes halogenated alkanes) is 1. The zero-order chi connectivity index (χ0) is 22.3. The molecule has 31 heavy (non-hydrogen) atoms. The molecule has 0 aliphatic rings. The minimum absolute atomic E-state index is 0.102. The standard InChI is InChI=1S/C24H27F3N4/c1-3-5-9-18-10-6-7-11-21(18)30-22-20(24(25,26)27)16-28-23(31-22)29-19-14-12-17(8-4-2)13-15-19/h6-7,10-16H,3-5,8-9H2,1-2H3,(H2,28,29,30,31). The molecule has 0 fully saturated rings. The fraction of sp³-hybridized carbons (Fsp3) is 0.333. The van der Waals surface area contributed by atoms with Gasteiger partial charge in [0.05, 0.1) is 0 Å². The molecular formula is C24H27F3N4. The van der Waals surface area contributed by atoms with Crippen LogP contribution in [0.25, 0.3) is 0 Å². The first-order valence-electron chi connectivity index (χ1n) is 10.6. The first-order valence-corrected chi connectivity index (χ1v) is 10.6. The number of benzene rings is 2. The van der Waals surface area contributed by atoms with Gasteiger partial charge in [-0.15, -0.1) is 0 Å². The van der Waals surface area contributed by atoms with Gasteiger partial charge in [0.25, 0.3) is 0 Å². The smallest absolute Gasteiger partial charge is 0.339 e. The fourth-order valence-corrected chi connectivity index (χ4v) is 3.27. The molecule has 2 N–H and O–H groups in total. The number of aromatic nitrogens is 2. The highest BCUT2D eigenvalue weighted by atomic mass is 19.4. The van der Waals surface area contributed by atoms with E-state index >= 15 is 0 Å². The van der Waals surface area contributed by atoms with Crippen molar-refractivity contribution in [2.45, 2.75) is 52.1 Å². The van der Waals surface area contributed by atoms with Crippen molar-refractivity contribution in [3.05, 3.63) is 71.4 Å². The third-order valence-electron chi connectivity index (χ3n) is 4.91. The van der Waals surface area contributed by atoms with E-state index in [1.165, 1.54) is 5.56 Å². The third-order valence-corrected chi connectivity index (χ3v) is 4.91. The molecule has 0 unspecified atom stereocenters. The van der Waals surface area contributed by atoms with E-state index in [1.54, 1.807) is 12.1 Å². The summed E-state index contributed by atoms with van der Waals surface area (Å²) in [5.74, 6) is -0.165. The van der Waals surface area contributed by atoms with Gasteiger partial charge in [0.1, 0.15) is 11.4 Å².